The Bertz CT molecular complexity index is 629. The highest BCUT2D eigenvalue weighted by atomic mass is 35.5. The molecule has 1 aromatic carbocycles. The Morgan fingerprint density at radius 2 is 1.54 bits per heavy atom. The van der Waals surface area contributed by atoms with Crippen molar-refractivity contribution in [2.24, 2.45) is 5.92 Å². The molecule has 2 atom stereocenters. The number of alkyl halides is 6. The van der Waals surface area contributed by atoms with Crippen molar-refractivity contribution in [3.63, 3.8) is 0 Å². The van der Waals surface area contributed by atoms with Gasteiger partial charge in [0.25, 0.3) is 0 Å². The molecule has 2 rings (SSSR count). The summed E-state index contributed by atoms with van der Waals surface area (Å²) in [4.78, 5) is 1.71. The second kappa shape index (κ2) is 10.3. The molecule has 164 valence electrons. The van der Waals surface area contributed by atoms with Crippen LogP contribution in [0.1, 0.15) is 43.0 Å². The van der Waals surface area contributed by atoms with Crippen LogP contribution in [0.5, 0.6) is 0 Å². The van der Waals surface area contributed by atoms with E-state index in [1.54, 1.807) is 18.7 Å². The normalized spacial score (nSPS) is 18.0. The van der Waals surface area contributed by atoms with Crippen molar-refractivity contribution in [3.8, 4) is 0 Å². The second-order valence-corrected chi connectivity index (χ2v) is 6.53. The molecular weight excluding hydrogens is 436 g/mol. The van der Waals surface area contributed by atoms with Crippen LogP contribution in [-0.2, 0) is 12.4 Å². The van der Waals surface area contributed by atoms with E-state index in [1.807, 2.05) is 0 Å². The smallest absolute Gasteiger partial charge is 0.314 e. The maximum absolute atomic E-state index is 14.6. The summed E-state index contributed by atoms with van der Waals surface area (Å²) in [7, 11) is 0. The number of nitrogens with one attached hydrogen (secondary N) is 1. The van der Waals surface area contributed by atoms with Crippen LogP contribution >= 0.6 is 24.8 Å². The van der Waals surface area contributed by atoms with Gasteiger partial charge in [-0.15, -0.1) is 24.8 Å². The van der Waals surface area contributed by atoms with E-state index in [-0.39, 0.29) is 42.9 Å². The number of benzene rings is 1. The quantitative estimate of drug-likeness (QED) is 0.582. The zero-order valence-electron chi connectivity index (χ0n) is 15.3. The minimum absolute atomic E-state index is 0. The minimum Gasteiger partial charge on any atom is -0.314 e. The Hall–Kier alpha value is -0.770. The fourth-order valence-corrected chi connectivity index (χ4v) is 3.33. The largest absolute Gasteiger partial charge is 0.416 e. The van der Waals surface area contributed by atoms with Gasteiger partial charge < -0.3 is 5.32 Å². The summed E-state index contributed by atoms with van der Waals surface area (Å²) in [5.74, 6) is -1.82. The molecule has 1 fully saturated rings. The predicted octanol–water partition coefficient (Wildman–Crippen LogP) is 5.70. The Morgan fingerprint density at radius 1 is 1.00 bits per heavy atom. The third-order valence-electron chi connectivity index (χ3n) is 4.79. The lowest BCUT2D eigenvalue weighted by atomic mass is 9.86. The van der Waals surface area contributed by atoms with E-state index in [2.05, 4.69) is 5.32 Å². The number of rotatable bonds is 4. The standard InChI is InChI=1S/C17H21F7N2.2ClH/c1-3-10(2)15(26-6-4-25-5-7-26)14-12(17(22,23)24)8-11(9-13(14)18)16(19,20)21;;/h8-10,15,25H,3-7H2,1-2H3;2*1H/t10?,15-;;/m0../s1. The van der Waals surface area contributed by atoms with Crippen molar-refractivity contribution in [3.05, 3.63) is 34.6 Å². The molecule has 0 radical (unpaired) electrons. The number of nitrogens with zero attached hydrogens (tertiary/aromatic N) is 1. The summed E-state index contributed by atoms with van der Waals surface area (Å²) < 4.78 is 93.9. The Morgan fingerprint density at radius 3 is 1.96 bits per heavy atom. The number of piperazine rings is 1. The van der Waals surface area contributed by atoms with Gasteiger partial charge in [0.05, 0.1) is 11.1 Å². The van der Waals surface area contributed by atoms with Gasteiger partial charge >= 0.3 is 12.4 Å². The number of halogens is 9. The lowest BCUT2D eigenvalue weighted by Crippen LogP contribution is -2.47. The topological polar surface area (TPSA) is 15.3 Å². The van der Waals surface area contributed by atoms with E-state index in [1.165, 1.54) is 0 Å². The van der Waals surface area contributed by atoms with Gasteiger partial charge in [-0.1, -0.05) is 20.3 Å². The predicted molar refractivity (Wildman–Crippen MR) is 97.5 cm³/mol. The van der Waals surface area contributed by atoms with E-state index in [0.29, 0.717) is 32.6 Å². The molecule has 1 unspecified atom stereocenters. The zero-order chi connectivity index (χ0) is 19.7. The van der Waals surface area contributed by atoms with Gasteiger partial charge in [-0.05, 0) is 18.1 Å². The molecule has 1 N–H and O–H groups in total. The fourth-order valence-electron chi connectivity index (χ4n) is 3.33. The van der Waals surface area contributed by atoms with Gasteiger partial charge in [0.1, 0.15) is 5.82 Å². The van der Waals surface area contributed by atoms with E-state index in [4.69, 9.17) is 0 Å². The molecule has 1 heterocycles. The molecule has 2 nitrogen and oxygen atoms in total. The van der Waals surface area contributed by atoms with Crippen LogP contribution in [-0.4, -0.2) is 31.1 Å². The van der Waals surface area contributed by atoms with Crippen molar-refractivity contribution in [1.29, 1.82) is 0 Å². The van der Waals surface area contributed by atoms with E-state index in [0.717, 1.165) is 0 Å². The first-order valence-electron chi connectivity index (χ1n) is 8.39. The summed E-state index contributed by atoms with van der Waals surface area (Å²) in [6.07, 6.45) is -9.68. The monoisotopic (exact) mass is 458 g/mol. The lowest BCUT2D eigenvalue weighted by molar-refractivity contribution is -0.144. The van der Waals surface area contributed by atoms with Crippen molar-refractivity contribution in [2.45, 2.75) is 38.7 Å². The zero-order valence-corrected chi connectivity index (χ0v) is 16.9. The van der Waals surface area contributed by atoms with Gasteiger partial charge in [0.2, 0.25) is 0 Å². The van der Waals surface area contributed by atoms with Crippen molar-refractivity contribution in [2.75, 3.05) is 26.2 Å². The Labute approximate surface area is 171 Å². The number of hydrogen-bond donors (Lipinski definition) is 1. The van der Waals surface area contributed by atoms with E-state index >= 15 is 0 Å². The van der Waals surface area contributed by atoms with Crippen molar-refractivity contribution < 1.29 is 30.7 Å². The van der Waals surface area contributed by atoms with Crippen molar-refractivity contribution >= 4 is 24.8 Å². The molecule has 1 aliphatic rings. The fraction of sp³-hybridized carbons (Fsp3) is 0.647. The molecule has 0 spiro atoms. The minimum atomic E-state index is -5.09. The van der Waals surface area contributed by atoms with Crippen LogP contribution in [0.4, 0.5) is 30.7 Å². The molecule has 28 heavy (non-hydrogen) atoms. The molecule has 0 saturated carbocycles. The summed E-state index contributed by atoms with van der Waals surface area (Å²) in [5.41, 5.74) is -3.87. The Balaban J connectivity index is 0.00000364. The molecule has 1 aliphatic heterocycles. The van der Waals surface area contributed by atoms with Gasteiger partial charge in [-0.2, -0.15) is 26.3 Å². The maximum Gasteiger partial charge on any atom is 0.416 e. The summed E-state index contributed by atoms with van der Waals surface area (Å²) in [5, 5.41) is 3.06. The highest BCUT2D eigenvalue weighted by Gasteiger charge is 2.43. The summed E-state index contributed by atoms with van der Waals surface area (Å²) in [6, 6.07) is -0.751. The van der Waals surface area contributed by atoms with Crippen LogP contribution in [0.25, 0.3) is 0 Å². The highest BCUT2D eigenvalue weighted by Crippen LogP contribution is 2.44. The van der Waals surface area contributed by atoms with Gasteiger partial charge in [0, 0.05) is 37.8 Å². The second-order valence-electron chi connectivity index (χ2n) is 6.53. The first-order valence-corrected chi connectivity index (χ1v) is 8.39. The maximum atomic E-state index is 14.6. The number of hydrogen-bond acceptors (Lipinski definition) is 2. The first kappa shape index (κ1) is 27.2. The van der Waals surface area contributed by atoms with Crippen LogP contribution in [0, 0.1) is 11.7 Å². The molecule has 1 aromatic rings. The molecule has 1 saturated heterocycles. The summed E-state index contributed by atoms with van der Waals surface area (Å²) in [6.45, 7) is 5.28. The first-order chi connectivity index (χ1) is 12.0. The van der Waals surface area contributed by atoms with Crippen LogP contribution in [0.3, 0.4) is 0 Å². The molecule has 0 bridgehead atoms. The van der Waals surface area contributed by atoms with Gasteiger partial charge in [0.15, 0.2) is 0 Å². The van der Waals surface area contributed by atoms with Crippen LogP contribution in [0.2, 0.25) is 0 Å². The highest BCUT2D eigenvalue weighted by molar-refractivity contribution is 5.85. The van der Waals surface area contributed by atoms with Crippen LogP contribution in [0.15, 0.2) is 12.1 Å². The molecule has 0 amide bonds. The average molecular weight is 459 g/mol. The molecular formula is C17H23Cl2F7N2. The SMILES string of the molecule is CCC(C)[C@@H](c1c(F)cc(C(F)(F)F)cc1C(F)(F)F)N1CCNCC1.Cl.Cl. The third kappa shape index (κ3) is 6.11. The molecule has 11 heteroatoms. The third-order valence-corrected chi connectivity index (χ3v) is 4.79. The molecule has 0 aromatic heterocycles. The van der Waals surface area contributed by atoms with Gasteiger partial charge in [-0.3, -0.25) is 4.90 Å². The van der Waals surface area contributed by atoms with Crippen LogP contribution < -0.4 is 5.32 Å². The molecule has 0 aliphatic carbocycles. The van der Waals surface area contributed by atoms with Gasteiger partial charge in [-0.25, -0.2) is 4.39 Å². The Kier molecular flexibility index (Phi) is 10.0. The lowest BCUT2D eigenvalue weighted by Gasteiger charge is -2.39. The average Bonchev–Trinajstić information content (AvgIpc) is 2.55. The summed E-state index contributed by atoms with van der Waals surface area (Å²) >= 11 is 0. The van der Waals surface area contributed by atoms with E-state index in [9.17, 15) is 30.7 Å². The van der Waals surface area contributed by atoms with E-state index < -0.39 is 40.9 Å². The van der Waals surface area contributed by atoms with Crippen molar-refractivity contribution in [1.82, 2.24) is 10.2 Å².